The molecule has 19 heavy (non-hydrogen) atoms. The van der Waals surface area contributed by atoms with Gasteiger partial charge in [0.1, 0.15) is 12.4 Å². The third-order valence-corrected chi connectivity index (χ3v) is 2.46. The second-order valence-corrected chi connectivity index (χ2v) is 3.74. The van der Waals surface area contributed by atoms with Crippen LogP contribution in [0.3, 0.4) is 0 Å². The summed E-state index contributed by atoms with van der Waals surface area (Å²) < 4.78 is 23.7. The van der Waals surface area contributed by atoms with Crippen LogP contribution in [0.15, 0.2) is 30.5 Å². The summed E-state index contributed by atoms with van der Waals surface area (Å²) in [6, 6.07) is 7.57. The highest BCUT2D eigenvalue weighted by molar-refractivity contribution is 5.35. The van der Waals surface area contributed by atoms with Gasteiger partial charge in [-0.25, -0.2) is 9.37 Å². The van der Waals surface area contributed by atoms with Crippen LogP contribution in [0.4, 0.5) is 10.2 Å². The van der Waals surface area contributed by atoms with E-state index in [0.29, 0.717) is 0 Å². The Balaban J connectivity index is 2.05. The first kappa shape index (κ1) is 13.1. The Morgan fingerprint density at radius 3 is 2.95 bits per heavy atom. The molecular formula is C13H14FN3O2. The topological polar surface area (TPSA) is 56.3 Å². The van der Waals surface area contributed by atoms with Crippen LogP contribution in [0, 0.1) is 5.82 Å². The zero-order chi connectivity index (χ0) is 13.7. The molecule has 2 aromatic rings. The largest absolute Gasteiger partial charge is 0.497 e. The van der Waals surface area contributed by atoms with Crippen LogP contribution in [-0.2, 0) is 6.61 Å². The van der Waals surface area contributed by atoms with Crippen LogP contribution in [0.2, 0.25) is 0 Å². The number of halogens is 1. The summed E-state index contributed by atoms with van der Waals surface area (Å²) in [4.78, 5) is 7.66. The Bertz CT molecular complexity index is 563. The number of methoxy groups -OCH3 is 1. The molecule has 5 nitrogen and oxygen atoms in total. The molecule has 6 heteroatoms. The standard InChI is InChI=1S/C13H14FN3O2/c1-15-12-11(14)7-16-13(17-12)19-8-9-4-3-5-10(6-9)18-2/h3-7H,8H2,1-2H3,(H,15,16,17). The van der Waals surface area contributed by atoms with Gasteiger partial charge in [-0.1, -0.05) is 12.1 Å². The van der Waals surface area contributed by atoms with Gasteiger partial charge in [-0.05, 0) is 17.7 Å². The molecule has 1 aromatic carbocycles. The van der Waals surface area contributed by atoms with Gasteiger partial charge in [0, 0.05) is 7.05 Å². The Hall–Kier alpha value is -2.37. The molecule has 1 N–H and O–H groups in total. The minimum atomic E-state index is -0.517. The lowest BCUT2D eigenvalue weighted by atomic mass is 10.2. The molecule has 0 bridgehead atoms. The van der Waals surface area contributed by atoms with E-state index in [1.807, 2.05) is 24.3 Å². The average molecular weight is 263 g/mol. The Morgan fingerprint density at radius 2 is 2.21 bits per heavy atom. The maximum Gasteiger partial charge on any atom is 0.318 e. The average Bonchev–Trinajstić information content (AvgIpc) is 2.46. The highest BCUT2D eigenvalue weighted by Crippen LogP contribution is 2.16. The van der Waals surface area contributed by atoms with E-state index in [1.165, 1.54) is 0 Å². The minimum absolute atomic E-state index is 0.107. The third kappa shape index (κ3) is 3.31. The SMILES string of the molecule is CNc1nc(OCc2cccc(OC)c2)ncc1F. The number of anilines is 1. The molecular weight excluding hydrogens is 249 g/mol. The van der Waals surface area contributed by atoms with Gasteiger partial charge in [-0.15, -0.1) is 0 Å². The maximum absolute atomic E-state index is 13.2. The van der Waals surface area contributed by atoms with Crippen molar-refractivity contribution >= 4 is 5.82 Å². The summed E-state index contributed by atoms with van der Waals surface area (Å²) in [5.74, 6) is 0.337. The number of benzene rings is 1. The lowest BCUT2D eigenvalue weighted by Gasteiger charge is -2.07. The van der Waals surface area contributed by atoms with Crippen LogP contribution >= 0.6 is 0 Å². The number of hydrogen-bond donors (Lipinski definition) is 1. The van der Waals surface area contributed by atoms with Crippen LogP contribution in [0.25, 0.3) is 0 Å². The van der Waals surface area contributed by atoms with Gasteiger partial charge in [0.25, 0.3) is 0 Å². The van der Waals surface area contributed by atoms with Crippen molar-refractivity contribution in [1.82, 2.24) is 9.97 Å². The zero-order valence-corrected chi connectivity index (χ0v) is 10.7. The molecule has 0 saturated heterocycles. The molecule has 2 rings (SSSR count). The van der Waals surface area contributed by atoms with Gasteiger partial charge >= 0.3 is 6.01 Å². The van der Waals surface area contributed by atoms with Gasteiger partial charge < -0.3 is 14.8 Å². The van der Waals surface area contributed by atoms with E-state index < -0.39 is 5.82 Å². The molecule has 0 radical (unpaired) electrons. The molecule has 0 spiro atoms. The Morgan fingerprint density at radius 1 is 1.37 bits per heavy atom. The van der Waals surface area contributed by atoms with Crippen molar-refractivity contribution < 1.29 is 13.9 Å². The van der Waals surface area contributed by atoms with Crippen LogP contribution < -0.4 is 14.8 Å². The van der Waals surface area contributed by atoms with E-state index in [4.69, 9.17) is 9.47 Å². The maximum atomic E-state index is 13.2. The van der Waals surface area contributed by atoms with Gasteiger partial charge in [-0.3, -0.25) is 0 Å². The molecule has 0 saturated carbocycles. The first-order valence-corrected chi connectivity index (χ1v) is 5.69. The first-order chi connectivity index (χ1) is 9.22. The van der Waals surface area contributed by atoms with Crippen molar-refractivity contribution in [2.45, 2.75) is 6.61 Å². The summed E-state index contributed by atoms with van der Waals surface area (Å²) in [6.07, 6.45) is 1.07. The molecule has 0 aliphatic carbocycles. The summed E-state index contributed by atoms with van der Waals surface area (Å²) in [5, 5.41) is 2.63. The predicted octanol–water partition coefficient (Wildman–Crippen LogP) is 2.25. The van der Waals surface area contributed by atoms with E-state index in [2.05, 4.69) is 15.3 Å². The fourth-order valence-electron chi connectivity index (χ4n) is 1.51. The van der Waals surface area contributed by atoms with E-state index in [9.17, 15) is 4.39 Å². The van der Waals surface area contributed by atoms with Crippen LogP contribution in [0.5, 0.6) is 11.8 Å². The van der Waals surface area contributed by atoms with Gasteiger partial charge in [0.15, 0.2) is 11.6 Å². The molecule has 0 amide bonds. The fourth-order valence-corrected chi connectivity index (χ4v) is 1.51. The molecule has 100 valence electrons. The first-order valence-electron chi connectivity index (χ1n) is 5.69. The zero-order valence-electron chi connectivity index (χ0n) is 10.7. The van der Waals surface area contributed by atoms with Crippen molar-refractivity contribution in [2.24, 2.45) is 0 Å². The number of hydrogen-bond acceptors (Lipinski definition) is 5. The number of aromatic nitrogens is 2. The number of ether oxygens (including phenoxy) is 2. The lowest BCUT2D eigenvalue weighted by molar-refractivity contribution is 0.279. The summed E-state index contributed by atoms with van der Waals surface area (Å²) >= 11 is 0. The molecule has 0 aliphatic heterocycles. The normalized spacial score (nSPS) is 10.1. The van der Waals surface area contributed by atoms with Crippen LogP contribution in [0.1, 0.15) is 5.56 Å². The molecule has 0 aliphatic rings. The number of rotatable bonds is 5. The number of nitrogens with zero attached hydrogens (tertiary/aromatic N) is 2. The highest BCUT2D eigenvalue weighted by Gasteiger charge is 2.06. The summed E-state index contributed by atoms with van der Waals surface area (Å²) in [6.45, 7) is 0.284. The monoisotopic (exact) mass is 263 g/mol. The number of nitrogens with one attached hydrogen (secondary N) is 1. The van der Waals surface area contributed by atoms with Crippen LogP contribution in [-0.4, -0.2) is 24.1 Å². The molecule has 1 heterocycles. The Labute approximate surface area is 110 Å². The third-order valence-electron chi connectivity index (χ3n) is 2.46. The molecule has 1 aromatic heterocycles. The quantitative estimate of drug-likeness (QED) is 0.896. The van der Waals surface area contributed by atoms with E-state index in [1.54, 1.807) is 14.2 Å². The van der Waals surface area contributed by atoms with E-state index in [-0.39, 0.29) is 18.4 Å². The second-order valence-electron chi connectivity index (χ2n) is 3.74. The summed E-state index contributed by atoms with van der Waals surface area (Å²) in [7, 11) is 3.18. The predicted molar refractivity (Wildman–Crippen MR) is 68.9 cm³/mol. The molecule has 0 atom stereocenters. The second kappa shape index (κ2) is 5.99. The smallest absolute Gasteiger partial charge is 0.318 e. The summed E-state index contributed by atoms with van der Waals surface area (Å²) in [5.41, 5.74) is 0.915. The van der Waals surface area contributed by atoms with E-state index >= 15 is 0 Å². The van der Waals surface area contributed by atoms with E-state index in [0.717, 1.165) is 17.5 Å². The van der Waals surface area contributed by atoms with Gasteiger partial charge in [0.05, 0.1) is 13.3 Å². The molecule has 0 fully saturated rings. The highest BCUT2D eigenvalue weighted by atomic mass is 19.1. The van der Waals surface area contributed by atoms with Crippen molar-refractivity contribution in [2.75, 3.05) is 19.5 Å². The molecule has 0 unspecified atom stereocenters. The van der Waals surface area contributed by atoms with Crippen molar-refractivity contribution in [3.05, 3.63) is 41.8 Å². The lowest BCUT2D eigenvalue weighted by Crippen LogP contribution is -2.03. The van der Waals surface area contributed by atoms with Gasteiger partial charge in [-0.2, -0.15) is 4.98 Å². The fraction of sp³-hybridized carbons (Fsp3) is 0.231. The van der Waals surface area contributed by atoms with Crippen molar-refractivity contribution in [1.29, 1.82) is 0 Å². The minimum Gasteiger partial charge on any atom is -0.497 e. The van der Waals surface area contributed by atoms with Crippen molar-refractivity contribution in [3.8, 4) is 11.8 Å². The van der Waals surface area contributed by atoms with Crippen molar-refractivity contribution in [3.63, 3.8) is 0 Å². The van der Waals surface area contributed by atoms with Gasteiger partial charge in [0.2, 0.25) is 0 Å². The Kier molecular flexibility index (Phi) is 4.12.